The molecule has 4 aromatic rings. The largest absolute Gasteiger partial charge is 0.445 e. The van der Waals surface area contributed by atoms with Gasteiger partial charge in [0.1, 0.15) is 17.5 Å². The summed E-state index contributed by atoms with van der Waals surface area (Å²) < 4.78 is 53.2. The number of nitriles is 1. The van der Waals surface area contributed by atoms with Crippen LogP contribution in [0.1, 0.15) is 16.1 Å². The topological polar surface area (TPSA) is 83.6 Å². The van der Waals surface area contributed by atoms with Crippen LogP contribution in [0, 0.1) is 17.1 Å². The third kappa shape index (κ3) is 4.91. The quantitative estimate of drug-likeness (QED) is 0.245. The van der Waals surface area contributed by atoms with Crippen molar-refractivity contribution in [1.82, 2.24) is 14.8 Å². The van der Waals surface area contributed by atoms with Crippen molar-refractivity contribution in [2.75, 3.05) is 5.32 Å². The molecular formula is C22H13F4N5OS. The monoisotopic (exact) mass is 471 g/mol. The van der Waals surface area contributed by atoms with Gasteiger partial charge in [-0.2, -0.15) is 18.4 Å². The number of benzene rings is 2. The molecule has 1 N–H and O–H groups in total. The second kappa shape index (κ2) is 8.84. The molecule has 1 amide bonds. The highest BCUT2D eigenvalue weighted by atomic mass is 32.1. The van der Waals surface area contributed by atoms with E-state index in [1.165, 1.54) is 18.2 Å². The van der Waals surface area contributed by atoms with Crippen LogP contribution in [0.25, 0.3) is 17.0 Å². The number of carbonyl (C=O) groups is 1. The highest BCUT2D eigenvalue weighted by Crippen LogP contribution is 2.33. The Morgan fingerprint density at radius 2 is 1.88 bits per heavy atom. The van der Waals surface area contributed by atoms with Crippen LogP contribution in [0.15, 0.2) is 60.3 Å². The number of nitrogens with one attached hydrogen (secondary N) is 1. The number of alkyl halides is 3. The summed E-state index contributed by atoms with van der Waals surface area (Å²) in [5.41, 5.74) is 1.92. The Kier molecular flexibility index (Phi) is 5.93. The van der Waals surface area contributed by atoms with Crippen LogP contribution in [0.5, 0.6) is 0 Å². The van der Waals surface area contributed by atoms with Gasteiger partial charge in [-0.1, -0.05) is 41.7 Å². The molecule has 0 aliphatic carbocycles. The number of hydrogen-bond donors (Lipinski definition) is 1. The van der Waals surface area contributed by atoms with E-state index in [0.29, 0.717) is 12.1 Å². The Hall–Kier alpha value is -4.04. The summed E-state index contributed by atoms with van der Waals surface area (Å²) in [6.07, 6.45) is -1.59. The molecule has 6 nitrogen and oxygen atoms in total. The predicted octanol–water partition coefficient (Wildman–Crippen LogP) is 5.24. The van der Waals surface area contributed by atoms with Crippen molar-refractivity contribution >= 4 is 39.4 Å². The van der Waals surface area contributed by atoms with E-state index in [-0.39, 0.29) is 27.9 Å². The SMILES string of the molecule is N#C/C(=C/c1cn(Cc2ccc(F)cc2)c2ccccc12)C(=O)Nc1nnc(C(F)(F)F)s1. The second-order valence-corrected chi connectivity index (χ2v) is 7.87. The standard InChI is InChI=1S/C22H13F4N5OS/c23-16-7-5-13(6-8-16)11-31-12-15(17-3-1-2-4-18(17)31)9-14(10-27)19(32)28-21-30-29-20(33-21)22(24,25)26/h1-9,12H,11H2,(H,28,30,32)/b14-9-. The Morgan fingerprint density at radius 3 is 2.55 bits per heavy atom. The minimum absolute atomic E-state index is 0.165. The van der Waals surface area contributed by atoms with Gasteiger partial charge in [-0.25, -0.2) is 4.39 Å². The number of aromatic nitrogens is 3. The lowest BCUT2D eigenvalue weighted by Gasteiger charge is -2.05. The second-order valence-electron chi connectivity index (χ2n) is 6.89. The molecule has 0 saturated heterocycles. The van der Waals surface area contributed by atoms with E-state index in [9.17, 15) is 27.6 Å². The molecule has 0 spiro atoms. The van der Waals surface area contributed by atoms with Crippen LogP contribution in [-0.4, -0.2) is 20.7 Å². The number of hydrogen-bond acceptors (Lipinski definition) is 5. The summed E-state index contributed by atoms with van der Waals surface area (Å²) in [6.45, 7) is 0.424. The van der Waals surface area contributed by atoms with Gasteiger partial charge in [0.05, 0.1) is 0 Å². The molecule has 4 rings (SSSR count). The number of para-hydroxylation sites is 1. The number of rotatable bonds is 5. The van der Waals surface area contributed by atoms with E-state index in [4.69, 9.17) is 0 Å². The van der Waals surface area contributed by atoms with Crippen LogP contribution >= 0.6 is 11.3 Å². The Bertz CT molecular complexity index is 1400. The Balaban J connectivity index is 1.63. The maximum Gasteiger partial charge on any atom is 0.445 e. The predicted molar refractivity (Wildman–Crippen MR) is 115 cm³/mol. The van der Waals surface area contributed by atoms with Crippen LogP contribution in [0.4, 0.5) is 22.7 Å². The third-order valence-corrected chi connectivity index (χ3v) is 5.52. The first-order valence-corrected chi connectivity index (χ1v) is 10.2. The number of anilines is 1. The molecule has 2 aromatic heterocycles. The van der Waals surface area contributed by atoms with E-state index in [0.717, 1.165) is 16.5 Å². The smallest absolute Gasteiger partial charge is 0.342 e. The zero-order chi connectivity index (χ0) is 23.6. The third-order valence-electron chi connectivity index (χ3n) is 4.64. The van der Waals surface area contributed by atoms with E-state index < -0.39 is 17.1 Å². The molecule has 0 atom stereocenters. The van der Waals surface area contributed by atoms with Gasteiger partial charge in [0.25, 0.3) is 5.91 Å². The Labute approximate surface area is 188 Å². The molecule has 0 aliphatic rings. The summed E-state index contributed by atoms with van der Waals surface area (Å²) in [7, 11) is 0. The first kappa shape index (κ1) is 22.2. The minimum Gasteiger partial charge on any atom is -0.342 e. The van der Waals surface area contributed by atoms with Crippen LogP contribution < -0.4 is 5.32 Å². The average molecular weight is 471 g/mol. The number of halogens is 4. The fourth-order valence-corrected chi connectivity index (χ4v) is 3.77. The van der Waals surface area contributed by atoms with Crippen molar-refractivity contribution in [3.05, 3.63) is 82.3 Å². The van der Waals surface area contributed by atoms with Gasteiger partial charge >= 0.3 is 6.18 Å². The summed E-state index contributed by atoms with van der Waals surface area (Å²) in [4.78, 5) is 12.5. The number of amides is 1. The minimum atomic E-state index is -4.68. The summed E-state index contributed by atoms with van der Waals surface area (Å²) in [5, 5.41) is 17.1. The normalized spacial score (nSPS) is 12.0. The van der Waals surface area contributed by atoms with Crippen molar-refractivity contribution in [2.45, 2.75) is 12.7 Å². The van der Waals surface area contributed by atoms with Gasteiger partial charge in [0.2, 0.25) is 10.1 Å². The van der Waals surface area contributed by atoms with Crippen LogP contribution in [0.3, 0.4) is 0 Å². The fourth-order valence-electron chi connectivity index (χ4n) is 3.16. The van der Waals surface area contributed by atoms with E-state index in [1.54, 1.807) is 30.5 Å². The summed E-state index contributed by atoms with van der Waals surface area (Å²) in [6, 6.07) is 15.1. The molecule has 2 heterocycles. The van der Waals surface area contributed by atoms with Gasteiger partial charge in [-0.3, -0.25) is 10.1 Å². The molecule has 0 fully saturated rings. The number of nitrogens with zero attached hydrogens (tertiary/aromatic N) is 4. The van der Waals surface area contributed by atoms with Crippen molar-refractivity contribution in [3.8, 4) is 6.07 Å². The van der Waals surface area contributed by atoms with E-state index >= 15 is 0 Å². The van der Waals surface area contributed by atoms with Crippen LogP contribution in [0.2, 0.25) is 0 Å². The summed E-state index contributed by atoms with van der Waals surface area (Å²) >= 11 is 0.165. The van der Waals surface area contributed by atoms with Gasteiger partial charge in [0.15, 0.2) is 0 Å². The fraction of sp³-hybridized carbons (Fsp3) is 0.0909. The first-order valence-electron chi connectivity index (χ1n) is 9.41. The average Bonchev–Trinajstić information content (AvgIpc) is 3.39. The maximum absolute atomic E-state index is 13.2. The molecule has 0 unspecified atom stereocenters. The molecule has 0 aliphatic heterocycles. The van der Waals surface area contributed by atoms with Gasteiger partial charge in [0, 0.05) is 29.2 Å². The van der Waals surface area contributed by atoms with Crippen molar-refractivity contribution in [3.63, 3.8) is 0 Å². The van der Waals surface area contributed by atoms with Crippen molar-refractivity contribution in [2.24, 2.45) is 0 Å². The Morgan fingerprint density at radius 1 is 1.15 bits per heavy atom. The lowest BCUT2D eigenvalue weighted by molar-refractivity contribution is -0.138. The molecule has 2 aromatic carbocycles. The first-order chi connectivity index (χ1) is 15.7. The van der Waals surface area contributed by atoms with E-state index in [2.05, 4.69) is 15.5 Å². The molecule has 0 saturated carbocycles. The van der Waals surface area contributed by atoms with Crippen molar-refractivity contribution in [1.29, 1.82) is 5.26 Å². The highest BCUT2D eigenvalue weighted by molar-refractivity contribution is 7.15. The molecule has 33 heavy (non-hydrogen) atoms. The lowest BCUT2D eigenvalue weighted by atomic mass is 10.1. The molecular weight excluding hydrogens is 458 g/mol. The van der Waals surface area contributed by atoms with Gasteiger partial charge < -0.3 is 4.57 Å². The van der Waals surface area contributed by atoms with Gasteiger partial charge in [-0.15, -0.1) is 10.2 Å². The summed E-state index contributed by atoms with van der Waals surface area (Å²) in [5.74, 6) is -1.25. The molecule has 166 valence electrons. The van der Waals surface area contributed by atoms with Crippen molar-refractivity contribution < 1.29 is 22.4 Å². The number of fused-ring (bicyclic) bond motifs is 1. The molecule has 0 bridgehead atoms. The maximum atomic E-state index is 13.2. The molecule has 0 radical (unpaired) electrons. The zero-order valence-electron chi connectivity index (χ0n) is 16.6. The molecule has 11 heteroatoms. The van der Waals surface area contributed by atoms with E-state index in [1.807, 2.05) is 22.8 Å². The van der Waals surface area contributed by atoms with Gasteiger partial charge in [-0.05, 0) is 29.8 Å². The lowest BCUT2D eigenvalue weighted by Crippen LogP contribution is -2.13. The highest BCUT2D eigenvalue weighted by Gasteiger charge is 2.35. The zero-order valence-corrected chi connectivity index (χ0v) is 17.4. The number of carbonyl (C=O) groups excluding carboxylic acids is 1. The van der Waals surface area contributed by atoms with Crippen LogP contribution in [-0.2, 0) is 17.5 Å².